The maximum atomic E-state index is 12.1. The van der Waals surface area contributed by atoms with Crippen LogP contribution in [0.2, 0.25) is 0 Å². The van der Waals surface area contributed by atoms with Crippen molar-refractivity contribution < 1.29 is 14.3 Å². The first-order valence-electron chi connectivity index (χ1n) is 6.43. The number of hydrogen-bond acceptors (Lipinski definition) is 4. The molecule has 1 aromatic rings. The van der Waals surface area contributed by atoms with Crippen molar-refractivity contribution in [2.75, 3.05) is 12.3 Å². The molecule has 102 valence electrons. The molecule has 5 heteroatoms. The Balaban J connectivity index is 2.12. The Labute approximate surface area is 112 Å². The van der Waals surface area contributed by atoms with E-state index in [4.69, 9.17) is 10.5 Å². The van der Waals surface area contributed by atoms with E-state index in [0.717, 1.165) is 18.4 Å². The van der Waals surface area contributed by atoms with Crippen LogP contribution in [0.25, 0.3) is 0 Å². The average molecular weight is 262 g/mol. The van der Waals surface area contributed by atoms with Gasteiger partial charge in [0.1, 0.15) is 0 Å². The van der Waals surface area contributed by atoms with Gasteiger partial charge in [-0.3, -0.25) is 4.79 Å². The zero-order valence-corrected chi connectivity index (χ0v) is 10.9. The molecule has 1 amide bonds. The Kier molecular flexibility index (Phi) is 4.04. The van der Waals surface area contributed by atoms with E-state index < -0.39 is 12.1 Å². The van der Waals surface area contributed by atoms with Crippen LogP contribution < -0.4 is 11.1 Å². The van der Waals surface area contributed by atoms with Gasteiger partial charge in [0, 0.05) is 12.2 Å². The number of ether oxygens (including phenoxy) is 1. The van der Waals surface area contributed by atoms with Crippen LogP contribution in [0.5, 0.6) is 0 Å². The first-order valence-corrected chi connectivity index (χ1v) is 6.43. The number of carbonyl (C=O) groups is 2. The topological polar surface area (TPSA) is 81.4 Å². The number of amides is 1. The van der Waals surface area contributed by atoms with E-state index in [1.54, 1.807) is 12.1 Å². The van der Waals surface area contributed by atoms with Gasteiger partial charge in [-0.15, -0.1) is 0 Å². The molecule has 0 aliphatic carbocycles. The van der Waals surface area contributed by atoms with Crippen LogP contribution in [0, 0.1) is 6.92 Å². The van der Waals surface area contributed by atoms with Gasteiger partial charge >= 0.3 is 5.97 Å². The van der Waals surface area contributed by atoms with Crippen LogP contribution in [-0.2, 0) is 9.53 Å². The number of esters is 1. The molecule has 1 heterocycles. The number of carbonyl (C=O) groups excluding carboxylic acids is 2. The summed E-state index contributed by atoms with van der Waals surface area (Å²) in [7, 11) is 0. The van der Waals surface area contributed by atoms with E-state index in [9.17, 15) is 9.59 Å². The first kappa shape index (κ1) is 13.4. The highest BCUT2D eigenvalue weighted by atomic mass is 16.5. The van der Waals surface area contributed by atoms with Crippen LogP contribution >= 0.6 is 0 Å². The first-order chi connectivity index (χ1) is 9.09. The SMILES string of the molecule is Cc1cccc(C(=O)OC2CCCCNC2=O)c1N. The average Bonchev–Trinajstić information content (AvgIpc) is 2.58. The summed E-state index contributed by atoms with van der Waals surface area (Å²) in [5, 5.41) is 2.73. The second kappa shape index (κ2) is 5.73. The Hall–Kier alpha value is -2.04. The van der Waals surface area contributed by atoms with E-state index in [2.05, 4.69) is 5.32 Å². The number of anilines is 1. The van der Waals surface area contributed by atoms with Crippen molar-refractivity contribution in [2.45, 2.75) is 32.3 Å². The van der Waals surface area contributed by atoms with Gasteiger partial charge in [0.2, 0.25) is 0 Å². The molecule has 1 fully saturated rings. The smallest absolute Gasteiger partial charge is 0.341 e. The Bertz CT molecular complexity index is 499. The van der Waals surface area contributed by atoms with E-state index in [1.807, 2.05) is 13.0 Å². The molecule has 2 rings (SSSR count). The minimum atomic E-state index is -0.713. The highest BCUT2D eigenvalue weighted by Gasteiger charge is 2.25. The summed E-state index contributed by atoms with van der Waals surface area (Å²) in [5.74, 6) is -0.764. The Morgan fingerprint density at radius 2 is 2.21 bits per heavy atom. The second-order valence-corrected chi connectivity index (χ2v) is 4.72. The number of aryl methyl sites for hydroxylation is 1. The Morgan fingerprint density at radius 3 is 3.00 bits per heavy atom. The number of hydrogen-bond donors (Lipinski definition) is 2. The molecule has 5 nitrogen and oxygen atoms in total. The minimum absolute atomic E-state index is 0.225. The number of nitrogen functional groups attached to an aromatic ring is 1. The van der Waals surface area contributed by atoms with Gasteiger partial charge in [0.15, 0.2) is 6.10 Å². The minimum Gasteiger partial charge on any atom is -0.449 e. The molecule has 1 unspecified atom stereocenters. The summed E-state index contributed by atoms with van der Waals surface area (Å²) < 4.78 is 5.27. The third kappa shape index (κ3) is 3.05. The van der Waals surface area contributed by atoms with Crippen molar-refractivity contribution in [3.05, 3.63) is 29.3 Å². The van der Waals surface area contributed by atoms with Gasteiger partial charge in [0.25, 0.3) is 5.91 Å². The molecule has 0 aromatic heterocycles. The molecule has 1 saturated heterocycles. The monoisotopic (exact) mass is 262 g/mol. The van der Waals surface area contributed by atoms with Gasteiger partial charge in [-0.2, -0.15) is 0 Å². The lowest BCUT2D eigenvalue weighted by Crippen LogP contribution is -2.36. The normalized spacial score (nSPS) is 19.4. The highest BCUT2D eigenvalue weighted by molar-refractivity contribution is 5.97. The van der Waals surface area contributed by atoms with Crippen LogP contribution in [0.1, 0.15) is 35.2 Å². The van der Waals surface area contributed by atoms with Gasteiger partial charge in [-0.1, -0.05) is 12.1 Å². The summed E-state index contributed by atoms with van der Waals surface area (Å²) in [6.07, 6.45) is 1.62. The van der Waals surface area contributed by atoms with Gasteiger partial charge < -0.3 is 15.8 Å². The van der Waals surface area contributed by atoms with Crippen molar-refractivity contribution in [3.63, 3.8) is 0 Å². The fourth-order valence-corrected chi connectivity index (χ4v) is 2.08. The van der Waals surface area contributed by atoms with Crippen LogP contribution in [0.4, 0.5) is 5.69 Å². The largest absolute Gasteiger partial charge is 0.449 e. The number of rotatable bonds is 2. The lowest BCUT2D eigenvalue weighted by Gasteiger charge is -2.15. The summed E-state index contributed by atoms with van der Waals surface area (Å²) in [6, 6.07) is 5.18. The molecule has 0 bridgehead atoms. The molecule has 3 N–H and O–H groups in total. The predicted molar refractivity (Wildman–Crippen MR) is 71.7 cm³/mol. The molecule has 0 radical (unpaired) electrons. The Morgan fingerprint density at radius 1 is 1.42 bits per heavy atom. The van der Waals surface area contributed by atoms with Crippen LogP contribution in [0.15, 0.2) is 18.2 Å². The number of nitrogens with one attached hydrogen (secondary N) is 1. The molecule has 1 atom stereocenters. The van der Waals surface area contributed by atoms with Crippen LogP contribution in [-0.4, -0.2) is 24.5 Å². The van der Waals surface area contributed by atoms with Crippen molar-refractivity contribution >= 4 is 17.6 Å². The quantitative estimate of drug-likeness (QED) is 0.623. The molecular formula is C14H18N2O3. The fourth-order valence-electron chi connectivity index (χ4n) is 2.08. The van der Waals surface area contributed by atoms with E-state index in [1.165, 1.54) is 0 Å². The van der Waals surface area contributed by atoms with E-state index >= 15 is 0 Å². The van der Waals surface area contributed by atoms with Gasteiger partial charge in [-0.05, 0) is 37.8 Å². The molecule has 1 aliphatic heterocycles. The van der Waals surface area contributed by atoms with Crippen molar-refractivity contribution in [1.82, 2.24) is 5.32 Å². The third-order valence-corrected chi connectivity index (χ3v) is 3.28. The molecule has 1 aromatic carbocycles. The molecular weight excluding hydrogens is 244 g/mol. The second-order valence-electron chi connectivity index (χ2n) is 4.72. The molecule has 1 aliphatic rings. The maximum absolute atomic E-state index is 12.1. The van der Waals surface area contributed by atoms with Gasteiger partial charge in [-0.25, -0.2) is 4.79 Å². The number of benzene rings is 1. The van der Waals surface area contributed by atoms with Crippen molar-refractivity contribution in [1.29, 1.82) is 0 Å². The number of para-hydroxylation sites is 1. The maximum Gasteiger partial charge on any atom is 0.341 e. The fraction of sp³-hybridized carbons (Fsp3) is 0.429. The zero-order chi connectivity index (χ0) is 13.8. The molecule has 0 saturated carbocycles. The van der Waals surface area contributed by atoms with Gasteiger partial charge in [0.05, 0.1) is 5.56 Å². The van der Waals surface area contributed by atoms with Crippen molar-refractivity contribution in [2.24, 2.45) is 0 Å². The predicted octanol–water partition coefficient (Wildman–Crippen LogP) is 1.40. The zero-order valence-electron chi connectivity index (χ0n) is 10.9. The molecule has 19 heavy (non-hydrogen) atoms. The van der Waals surface area contributed by atoms with Crippen LogP contribution in [0.3, 0.4) is 0 Å². The highest BCUT2D eigenvalue weighted by Crippen LogP contribution is 2.19. The lowest BCUT2D eigenvalue weighted by atomic mass is 10.1. The van der Waals surface area contributed by atoms with Crippen molar-refractivity contribution in [3.8, 4) is 0 Å². The third-order valence-electron chi connectivity index (χ3n) is 3.28. The number of nitrogens with two attached hydrogens (primary N) is 1. The summed E-state index contributed by atoms with van der Waals surface area (Å²) >= 11 is 0. The lowest BCUT2D eigenvalue weighted by molar-refractivity contribution is -0.129. The summed E-state index contributed by atoms with van der Waals surface area (Å²) in [5.41, 5.74) is 7.39. The van der Waals surface area contributed by atoms with E-state index in [0.29, 0.717) is 24.2 Å². The summed E-state index contributed by atoms with van der Waals surface area (Å²) in [4.78, 5) is 23.8. The van der Waals surface area contributed by atoms with E-state index in [-0.39, 0.29) is 5.91 Å². The summed E-state index contributed by atoms with van der Waals surface area (Å²) in [6.45, 7) is 2.46. The molecule has 0 spiro atoms. The standard InChI is InChI=1S/C14H18N2O3/c1-9-5-4-6-10(12(9)15)14(18)19-11-7-2-3-8-16-13(11)17/h4-6,11H,2-3,7-8,15H2,1H3,(H,16,17).